The second kappa shape index (κ2) is 19.1. The van der Waals surface area contributed by atoms with E-state index in [0.717, 1.165) is 82.6 Å². The van der Waals surface area contributed by atoms with Crippen LogP contribution in [0.4, 0.5) is 0 Å². The van der Waals surface area contributed by atoms with Gasteiger partial charge in [-0.1, -0.05) is 206 Å². The van der Waals surface area contributed by atoms with Gasteiger partial charge >= 0.3 is 0 Å². The number of benzene rings is 12. The number of aromatic nitrogens is 7. The van der Waals surface area contributed by atoms with Crippen molar-refractivity contribution in [1.29, 1.82) is 5.26 Å². The summed E-state index contributed by atoms with van der Waals surface area (Å²) in [4.78, 5) is 16.9. The Morgan fingerprint density at radius 2 is 0.612 bits per heavy atom. The molecule has 5 heterocycles. The minimum atomic E-state index is -2.99. The predicted molar refractivity (Wildman–Crippen MR) is 351 cm³/mol. The van der Waals surface area contributed by atoms with Crippen LogP contribution in [0.5, 0.6) is 0 Å². The lowest BCUT2D eigenvalue weighted by Crippen LogP contribution is -2.74. The molecule has 0 radical (unpaired) electrons. The fourth-order valence-electron chi connectivity index (χ4n) is 13.8. The molecule has 0 spiro atoms. The quantitative estimate of drug-likeness (QED) is 0.107. The highest BCUT2D eigenvalue weighted by molar-refractivity contribution is 7.19. The Hall–Kier alpha value is -11.4. The highest BCUT2D eigenvalue weighted by atomic mass is 28.3. The van der Waals surface area contributed by atoms with Crippen molar-refractivity contribution in [2.75, 3.05) is 0 Å². The monoisotopic (exact) mass is 1100 g/mol. The third-order valence-corrected chi connectivity index (χ3v) is 22.2. The molecule has 12 aromatic carbocycles. The second-order valence-corrected chi connectivity index (χ2v) is 25.7. The Balaban J connectivity index is 0.968. The smallest absolute Gasteiger partial charge is 0.240 e. The molecule has 0 amide bonds. The van der Waals surface area contributed by atoms with Crippen molar-refractivity contribution in [3.05, 3.63) is 297 Å². The van der Waals surface area contributed by atoms with Gasteiger partial charge in [0.25, 0.3) is 0 Å². The number of para-hydroxylation sites is 5. The number of hydrogen-bond acceptors (Lipinski definition) is 4. The number of nitrogens with zero attached hydrogens (tertiary/aromatic N) is 8. The first-order valence-electron chi connectivity index (χ1n) is 28.7. The highest BCUT2D eigenvalue weighted by Crippen LogP contribution is 2.40. The molecule has 85 heavy (non-hydrogen) atoms. The summed E-state index contributed by atoms with van der Waals surface area (Å²) in [5.41, 5.74) is 11.8. The number of hydrogen-bond donors (Lipinski definition) is 0. The first-order valence-corrected chi connectivity index (χ1v) is 30.7. The third kappa shape index (κ3) is 7.29. The highest BCUT2D eigenvalue weighted by Gasteiger charge is 2.41. The first kappa shape index (κ1) is 48.3. The van der Waals surface area contributed by atoms with Crippen molar-refractivity contribution in [3.63, 3.8) is 0 Å². The van der Waals surface area contributed by atoms with Crippen LogP contribution in [-0.4, -0.2) is 41.3 Å². The molecular weight excluding hydrogens is 1050 g/mol. The summed E-state index contributed by atoms with van der Waals surface area (Å²) in [6, 6.07) is 107. The second-order valence-electron chi connectivity index (χ2n) is 21.9. The third-order valence-electron chi connectivity index (χ3n) is 17.4. The largest absolute Gasteiger partial charge is 0.309 e. The maximum absolute atomic E-state index is 10.2. The Kier molecular flexibility index (Phi) is 10.8. The van der Waals surface area contributed by atoms with Gasteiger partial charge in [0.05, 0.1) is 55.8 Å². The molecule has 0 aliphatic rings. The SMILES string of the molecule is N#Cc1ccc2c(c1)c1ccccc1n2-c1nc(-c2cccc([Si](c3ccccc3)(c3ccccc3)c3ccccc3)c2)nc(-n2c3ccc(-n4c5ccccc5c5ccccc54)cc3c3cc(-n4c5ccccc5c5ccccc54)ccc32)n1. The summed E-state index contributed by atoms with van der Waals surface area (Å²) in [5, 5.41) is 24.1. The summed E-state index contributed by atoms with van der Waals surface area (Å²) in [6.45, 7) is 0. The van der Waals surface area contributed by atoms with Gasteiger partial charge in [-0.25, -0.2) is 0 Å². The van der Waals surface area contributed by atoms with Gasteiger partial charge in [0.2, 0.25) is 11.9 Å². The summed E-state index contributed by atoms with van der Waals surface area (Å²) < 4.78 is 9.14. The topological polar surface area (TPSA) is 82.2 Å². The van der Waals surface area contributed by atoms with Gasteiger partial charge < -0.3 is 9.13 Å². The molecule has 9 heteroatoms. The van der Waals surface area contributed by atoms with E-state index < -0.39 is 8.07 Å². The fraction of sp³-hybridized carbons (Fsp3) is 0. The van der Waals surface area contributed by atoms with Crippen LogP contribution in [0.3, 0.4) is 0 Å². The summed E-state index contributed by atoms with van der Waals surface area (Å²) in [6.07, 6.45) is 0. The van der Waals surface area contributed by atoms with E-state index in [2.05, 4.69) is 285 Å². The molecule has 396 valence electrons. The molecule has 0 saturated carbocycles. The zero-order chi connectivity index (χ0) is 56.2. The van der Waals surface area contributed by atoms with Crippen molar-refractivity contribution in [1.82, 2.24) is 33.2 Å². The molecule has 8 nitrogen and oxygen atoms in total. The van der Waals surface area contributed by atoms with Gasteiger partial charge in [-0.05, 0) is 106 Å². The Morgan fingerprint density at radius 1 is 0.271 bits per heavy atom. The van der Waals surface area contributed by atoms with Crippen molar-refractivity contribution in [3.8, 4) is 40.7 Å². The van der Waals surface area contributed by atoms with E-state index in [1.807, 2.05) is 30.3 Å². The maximum Gasteiger partial charge on any atom is 0.240 e. The van der Waals surface area contributed by atoms with E-state index in [1.165, 1.54) is 42.3 Å². The van der Waals surface area contributed by atoms with E-state index in [9.17, 15) is 5.26 Å². The van der Waals surface area contributed by atoms with Gasteiger partial charge in [0.15, 0.2) is 13.9 Å². The zero-order valence-electron chi connectivity index (χ0n) is 45.8. The molecule has 0 bridgehead atoms. The fourth-order valence-corrected chi connectivity index (χ4v) is 18.6. The van der Waals surface area contributed by atoms with Crippen LogP contribution in [0.15, 0.2) is 291 Å². The molecule has 0 aliphatic carbocycles. The summed E-state index contributed by atoms with van der Waals surface area (Å²) >= 11 is 0. The van der Waals surface area contributed by atoms with Crippen LogP contribution in [0.2, 0.25) is 0 Å². The molecule has 0 N–H and O–H groups in total. The van der Waals surface area contributed by atoms with Crippen molar-refractivity contribution in [2.45, 2.75) is 0 Å². The van der Waals surface area contributed by atoms with Crippen LogP contribution < -0.4 is 20.7 Å². The Labute approximate surface area is 489 Å². The standard InChI is InChI=1S/C76H48N8Si/c77-49-50-39-42-71-63(45-50)62-33-14-19-38-70(62)83(71)75-78-74(51-21-20-28-57(46-51)85(54-22-4-1-5-23-54,55-24-6-2-7-25-55)56-26-8-3-9-27-56)79-76(80-75)84-72-43-40-52(81-66-34-15-10-29-58(66)59-30-11-16-35-67(59)81)47-64(72)65-48-53(41-44-73(65)84)82-68-36-17-12-31-60(68)61-32-13-18-37-69(61)82/h1-48H. The van der Waals surface area contributed by atoms with Crippen LogP contribution >= 0.6 is 0 Å². The lowest BCUT2D eigenvalue weighted by Gasteiger charge is -2.34. The van der Waals surface area contributed by atoms with Crippen LogP contribution in [-0.2, 0) is 0 Å². The van der Waals surface area contributed by atoms with Crippen molar-refractivity contribution in [2.24, 2.45) is 0 Å². The van der Waals surface area contributed by atoms with Gasteiger partial charge in [0, 0.05) is 60.0 Å². The Morgan fingerprint density at radius 3 is 1.04 bits per heavy atom. The minimum Gasteiger partial charge on any atom is -0.309 e. The van der Waals surface area contributed by atoms with Crippen molar-refractivity contribution >= 4 is 116 Å². The molecule has 0 atom stereocenters. The normalized spacial score (nSPS) is 12.0. The number of fused-ring (bicyclic) bond motifs is 12. The van der Waals surface area contributed by atoms with Crippen LogP contribution in [0, 0.1) is 11.3 Å². The Bertz CT molecular complexity index is 5200. The summed E-state index contributed by atoms with van der Waals surface area (Å²) in [5.74, 6) is 1.45. The summed E-state index contributed by atoms with van der Waals surface area (Å²) in [7, 11) is -2.99. The average Bonchev–Trinajstić information content (AvgIpc) is 3.63. The van der Waals surface area contributed by atoms with E-state index in [1.54, 1.807) is 0 Å². The van der Waals surface area contributed by atoms with Gasteiger partial charge in [-0.15, -0.1) is 0 Å². The van der Waals surface area contributed by atoms with Crippen LogP contribution in [0.25, 0.3) is 122 Å². The minimum absolute atomic E-state index is 0.456. The molecule has 17 aromatic rings. The molecule has 17 rings (SSSR count). The van der Waals surface area contributed by atoms with E-state index in [0.29, 0.717) is 23.3 Å². The predicted octanol–water partition coefficient (Wildman–Crippen LogP) is 15.2. The maximum atomic E-state index is 10.2. The van der Waals surface area contributed by atoms with Gasteiger partial charge in [-0.3, -0.25) is 9.13 Å². The van der Waals surface area contributed by atoms with Gasteiger partial charge in [-0.2, -0.15) is 20.2 Å². The van der Waals surface area contributed by atoms with E-state index in [-0.39, 0.29) is 0 Å². The van der Waals surface area contributed by atoms with Crippen LogP contribution in [0.1, 0.15) is 5.56 Å². The first-order chi connectivity index (χ1) is 42.1. The molecular formula is C76H48N8Si. The molecule has 0 saturated heterocycles. The zero-order valence-corrected chi connectivity index (χ0v) is 46.8. The van der Waals surface area contributed by atoms with E-state index >= 15 is 0 Å². The molecule has 0 unspecified atom stereocenters. The molecule has 0 fully saturated rings. The molecule has 0 aliphatic heterocycles. The van der Waals surface area contributed by atoms with Crippen molar-refractivity contribution < 1.29 is 0 Å². The average molecular weight is 1100 g/mol. The molecule has 5 aromatic heterocycles. The lowest BCUT2D eigenvalue weighted by molar-refractivity contribution is 0.893. The number of rotatable bonds is 9. The number of nitriles is 1. The van der Waals surface area contributed by atoms with E-state index in [4.69, 9.17) is 15.0 Å². The van der Waals surface area contributed by atoms with Gasteiger partial charge in [0.1, 0.15) is 0 Å². The lowest BCUT2D eigenvalue weighted by atomic mass is 10.1.